The van der Waals surface area contributed by atoms with Gasteiger partial charge in [-0.25, -0.2) is 0 Å². The van der Waals surface area contributed by atoms with E-state index in [1.807, 2.05) is 42.8 Å². The normalized spacial score (nSPS) is 15.4. The van der Waals surface area contributed by atoms with Crippen molar-refractivity contribution >= 4 is 29.1 Å². The molecule has 0 saturated carbocycles. The van der Waals surface area contributed by atoms with Crippen molar-refractivity contribution in [2.45, 2.75) is 45.9 Å². The average Bonchev–Trinajstić information content (AvgIpc) is 3.45. The van der Waals surface area contributed by atoms with E-state index in [0.29, 0.717) is 36.0 Å². The number of hydrogen-bond acceptors (Lipinski definition) is 4. The lowest BCUT2D eigenvalue weighted by Gasteiger charge is -2.18. The topological polar surface area (TPSA) is 76.5 Å². The summed E-state index contributed by atoms with van der Waals surface area (Å²) >= 11 is 6.32. The average molecular weight is 481 g/mol. The Bertz CT molecular complexity index is 1200. The number of carbonyl (C=O) groups is 2. The first-order valence-electron chi connectivity index (χ1n) is 11.4. The fraction of sp³-hybridized carbons (Fsp3) is 0.346. The van der Waals surface area contributed by atoms with Crippen molar-refractivity contribution < 1.29 is 14.3 Å². The Balaban J connectivity index is 1.45. The highest BCUT2D eigenvalue weighted by atomic mass is 35.5. The minimum Gasteiger partial charge on any atom is -0.368 e. The lowest BCUT2D eigenvalue weighted by atomic mass is 10.1. The van der Waals surface area contributed by atoms with E-state index < -0.39 is 6.10 Å². The SMILES string of the molecule is Cc1nn(Cc2ccccc2Cl)c(C)c1CN(C)C(=O)c1cccc(NC(=O)[C@@H]2CCCO2)c1. The molecule has 1 aliphatic heterocycles. The van der Waals surface area contributed by atoms with Crippen LogP contribution in [0, 0.1) is 13.8 Å². The molecule has 3 aromatic rings. The Morgan fingerprint density at radius 2 is 2.00 bits per heavy atom. The fourth-order valence-corrected chi connectivity index (χ4v) is 4.37. The molecule has 0 radical (unpaired) electrons. The van der Waals surface area contributed by atoms with Gasteiger partial charge in [-0.2, -0.15) is 5.10 Å². The van der Waals surface area contributed by atoms with Gasteiger partial charge in [0.15, 0.2) is 0 Å². The number of anilines is 1. The fourth-order valence-electron chi connectivity index (χ4n) is 4.17. The lowest BCUT2D eigenvalue weighted by molar-refractivity contribution is -0.124. The number of nitrogens with one attached hydrogen (secondary N) is 1. The molecule has 34 heavy (non-hydrogen) atoms. The molecule has 1 aliphatic rings. The highest BCUT2D eigenvalue weighted by Gasteiger charge is 2.24. The first-order valence-corrected chi connectivity index (χ1v) is 11.8. The maximum Gasteiger partial charge on any atom is 0.253 e. The highest BCUT2D eigenvalue weighted by Crippen LogP contribution is 2.22. The molecule has 178 valence electrons. The molecule has 1 aromatic heterocycles. The molecular weight excluding hydrogens is 452 g/mol. The standard InChI is InChI=1S/C26H29ClN4O3/c1-17-22(18(2)31(29-17)15-20-8-4-5-11-23(20)27)16-30(3)26(33)19-9-6-10-21(14-19)28-25(32)24-12-7-13-34-24/h4-6,8-11,14,24H,7,12-13,15-16H2,1-3H3,(H,28,32)/t24-/m0/s1. The van der Waals surface area contributed by atoms with Crippen LogP contribution in [0.25, 0.3) is 0 Å². The highest BCUT2D eigenvalue weighted by molar-refractivity contribution is 6.31. The number of hydrogen-bond donors (Lipinski definition) is 1. The van der Waals surface area contributed by atoms with E-state index in [-0.39, 0.29) is 11.8 Å². The van der Waals surface area contributed by atoms with Gasteiger partial charge in [0.1, 0.15) is 6.10 Å². The van der Waals surface area contributed by atoms with Crippen LogP contribution in [0.4, 0.5) is 5.69 Å². The van der Waals surface area contributed by atoms with Gasteiger partial charge in [-0.3, -0.25) is 14.3 Å². The lowest BCUT2D eigenvalue weighted by Crippen LogP contribution is -2.28. The summed E-state index contributed by atoms with van der Waals surface area (Å²) < 4.78 is 7.36. The number of aromatic nitrogens is 2. The van der Waals surface area contributed by atoms with Crippen LogP contribution < -0.4 is 5.32 Å². The van der Waals surface area contributed by atoms with Gasteiger partial charge in [0, 0.05) is 47.7 Å². The molecule has 0 unspecified atom stereocenters. The molecule has 1 atom stereocenters. The third-order valence-corrected chi connectivity index (χ3v) is 6.52. The van der Waals surface area contributed by atoms with Crippen molar-refractivity contribution in [2.75, 3.05) is 19.0 Å². The van der Waals surface area contributed by atoms with Gasteiger partial charge in [0.05, 0.1) is 12.2 Å². The number of nitrogens with zero attached hydrogens (tertiary/aromatic N) is 3. The van der Waals surface area contributed by atoms with Crippen molar-refractivity contribution in [1.82, 2.24) is 14.7 Å². The Kier molecular flexibility index (Phi) is 7.34. The predicted octanol–water partition coefficient (Wildman–Crippen LogP) is 4.59. The molecule has 1 fully saturated rings. The summed E-state index contributed by atoms with van der Waals surface area (Å²) in [4.78, 5) is 27.2. The van der Waals surface area contributed by atoms with Crippen LogP contribution in [0.1, 0.15) is 45.7 Å². The zero-order valence-corrected chi connectivity index (χ0v) is 20.4. The number of carbonyl (C=O) groups excluding carboxylic acids is 2. The molecule has 2 amide bonds. The van der Waals surface area contributed by atoms with Crippen molar-refractivity contribution in [3.05, 3.63) is 81.6 Å². The molecule has 7 nitrogen and oxygen atoms in total. The number of rotatable bonds is 7. The van der Waals surface area contributed by atoms with Crippen LogP contribution in [0.5, 0.6) is 0 Å². The Morgan fingerprint density at radius 3 is 2.74 bits per heavy atom. The summed E-state index contributed by atoms with van der Waals surface area (Å²) in [7, 11) is 1.77. The van der Waals surface area contributed by atoms with E-state index in [0.717, 1.165) is 35.4 Å². The maximum atomic E-state index is 13.2. The Hall–Kier alpha value is -3.16. The molecular formula is C26H29ClN4O3. The largest absolute Gasteiger partial charge is 0.368 e. The zero-order chi connectivity index (χ0) is 24.2. The summed E-state index contributed by atoms with van der Waals surface area (Å²) in [5.41, 5.74) is 4.96. The van der Waals surface area contributed by atoms with Crippen molar-refractivity contribution in [1.29, 1.82) is 0 Å². The molecule has 1 saturated heterocycles. The number of aryl methyl sites for hydroxylation is 1. The maximum absolute atomic E-state index is 13.2. The van der Waals surface area contributed by atoms with E-state index >= 15 is 0 Å². The van der Waals surface area contributed by atoms with E-state index in [4.69, 9.17) is 16.3 Å². The number of halogens is 1. The van der Waals surface area contributed by atoms with Gasteiger partial charge >= 0.3 is 0 Å². The molecule has 0 bridgehead atoms. The Morgan fingerprint density at radius 1 is 1.21 bits per heavy atom. The van der Waals surface area contributed by atoms with Crippen molar-refractivity contribution in [3.8, 4) is 0 Å². The van der Waals surface area contributed by atoms with E-state index in [2.05, 4.69) is 10.4 Å². The molecule has 2 aromatic carbocycles. The zero-order valence-electron chi connectivity index (χ0n) is 19.7. The number of benzene rings is 2. The van der Waals surface area contributed by atoms with Crippen LogP contribution in [-0.2, 0) is 22.6 Å². The van der Waals surface area contributed by atoms with Crippen molar-refractivity contribution in [3.63, 3.8) is 0 Å². The molecule has 8 heteroatoms. The van der Waals surface area contributed by atoms with Gasteiger partial charge in [-0.1, -0.05) is 35.9 Å². The quantitative estimate of drug-likeness (QED) is 0.536. The minimum atomic E-state index is -0.421. The van der Waals surface area contributed by atoms with Crippen molar-refractivity contribution in [2.24, 2.45) is 0 Å². The minimum absolute atomic E-state index is 0.133. The number of amides is 2. The van der Waals surface area contributed by atoms with Crippen LogP contribution in [0.2, 0.25) is 5.02 Å². The summed E-state index contributed by atoms with van der Waals surface area (Å²) in [6, 6.07) is 14.7. The van der Waals surface area contributed by atoms with Crippen LogP contribution in [0.3, 0.4) is 0 Å². The summed E-state index contributed by atoms with van der Waals surface area (Å²) in [5.74, 6) is -0.307. The molecule has 0 aliphatic carbocycles. The van der Waals surface area contributed by atoms with Gasteiger partial charge in [0.25, 0.3) is 11.8 Å². The van der Waals surface area contributed by atoms with Gasteiger partial charge in [0.2, 0.25) is 0 Å². The molecule has 1 N–H and O–H groups in total. The summed E-state index contributed by atoms with van der Waals surface area (Å²) in [6.45, 7) is 5.55. The number of ether oxygens (including phenoxy) is 1. The van der Waals surface area contributed by atoms with E-state index in [1.54, 1.807) is 36.2 Å². The second kappa shape index (κ2) is 10.4. The monoisotopic (exact) mass is 480 g/mol. The van der Waals surface area contributed by atoms with Crippen LogP contribution in [0.15, 0.2) is 48.5 Å². The smallest absolute Gasteiger partial charge is 0.253 e. The second-order valence-corrected chi connectivity index (χ2v) is 9.04. The first kappa shape index (κ1) is 24.0. The van der Waals surface area contributed by atoms with Gasteiger partial charge < -0.3 is 15.0 Å². The van der Waals surface area contributed by atoms with E-state index in [1.165, 1.54) is 0 Å². The van der Waals surface area contributed by atoms with Gasteiger partial charge in [-0.15, -0.1) is 0 Å². The van der Waals surface area contributed by atoms with Crippen LogP contribution >= 0.6 is 11.6 Å². The summed E-state index contributed by atoms with van der Waals surface area (Å²) in [6.07, 6.45) is 1.18. The second-order valence-electron chi connectivity index (χ2n) is 8.63. The summed E-state index contributed by atoms with van der Waals surface area (Å²) in [5, 5.41) is 8.24. The molecule has 2 heterocycles. The third-order valence-electron chi connectivity index (χ3n) is 6.15. The first-order chi connectivity index (χ1) is 16.3. The Labute approximate surface area is 204 Å². The van der Waals surface area contributed by atoms with E-state index in [9.17, 15) is 9.59 Å². The predicted molar refractivity (Wildman–Crippen MR) is 132 cm³/mol. The van der Waals surface area contributed by atoms with Crippen LogP contribution in [-0.4, -0.2) is 46.3 Å². The molecule has 0 spiro atoms. The van der Waals surface area contributed by atoms with Gasteiger partial charge in [-0.05, 0) is 56.5 Å². The molecule has 4 rings (SSSR count). The third kappa shape index (κ3) is 5.32.